The zero-order valence-corrected chi connectivity index (χ0v) is 12.5. The molecule has 3 heterocycles. The summed E-state index contributed by atoms with van der Waals surface area (Å²) in [6.45, 7) is 3.16. The van der Waals surface area contributed by atoms with Gasteiger partial charge in [0.15, 0.2) is 5.78 Å². The lowest BCUT2D eigenvalue weighted by Gasteiger charge is -2.35. The minimum absolute atomic E-state index is 0.0157. The number of nitrogens with zero attached hydrogens (tertiary/aromatic N) is 2. The third kappa shape index (κ3) is 3.09. The van der Waals surface area contributed by atoms with Gasteiger partial charge >= 0.3 is 0 Å². The average molecular weight is 289 g/mol. The average Bonchev–Trinajstić information content (AvgIpc) is 3.04. The van der Waals surface area contributed by atoms with Gasteiger partial charge in [0.05, 0.1) is 19.3 Å². The molecular formula is C16H23N3O2. The fraction of sp³-hybridized carbons (Fsp3) is 0.625. The highest BCUT2D eigenvalue weighted by Crippen LogP contribution is 2.27. The van der Waals surface area contributed by atoms with Gasteiger partial charge in [0.1, 0.15) is 5.75 Å². The van der Waals surface area contributed by atoms with Crippen LogP contribution in [0.1, 0.15) is 36.0 Å². The van der Waals surface area contributed by atoms with Crippen molar-refractivity contribution in [2.24, 2.45) is 0 Å². The molecule has 114 valence electrons. The van der Waals surface area contributed by atoms with Gasteiger partial charge in [-0.05, 0) is 51.4 Å². The van der Waals surface area contributed by atoms with Gasteiger partial charge in [0.25, 0.3) is 0 Å². The predicted octanol–water partition coefficient (Wildman–Crippen LogP) is 1.49. The largest absolute Gasteiger partial charge is 0.495 e. The summed E-state index contributed by atoms with van der Waals surface area (Å²) in [5.74, 6) is 0.838. The molecule has 2 aliphatic rings. The van der Waals surface area contributed by atoms with Gasteiger partial charge in [0.2, 0.25) is 0 Å². The summed E-state index contributed by atoms with van der Waals surface area (Å²) < 4.78 is 5.17. The number of hydrogen-bond donors (Lipinski definition) is 1. The second-order valence-corrected chi connectivity index (χ2v) is 5.85. The first-order chi connectivity index (χ1) is 10.3. The standard InChI is InChI=1S/C16H23N3O2/c1-21-14-9-12(10-18-11-14)16(20)15-3-2-8-19(15)13-4-6-17-7-5-13/h9-11,13,15,17H,2-8H2,1H3. The van der Waals surface area contributed by atoms with E-state index < -0.39 is 0 Å². The van der Waals surface area contributed by atoms with Crippen LogP contribution < -0.4 is 10.1 Å². The lowest BCUT2D eigenvalue weighted by atomic mass is 9.99. The summed E-state index contributed by atoms with van der Waals surface area (Å²) in [7, 11) is 1.60. The molecule has 0 aliphatic carbocycles. The molecule has 1 N–H and O–H groups in total. The van der Waals surface area contributed by atoms with Crippen LogP contribution in [0.2, 0.25) is 0 Å². The van der Waals surface area contributed by atoms with Crippen molar-refractivity contribution in [3.8, 4) is 5.75 Å². The Balaban J connectivity index is 1.75. The number of ether oxygens (including phenoxy) is 1. The number of carbonyl (C=O) groups excluding carboxylic acids is 1. The number of carbonyl (C=O) groups is 1. The van der Waals surface area contributed by atoms with Gasteiger partial charge < -0.3 is 10.1 Å². The maximum atomic E-state index is 12.8. The molecule has 1 atom stereocenters. The monoisotopic (exact) mass is 289 g/mol. The Morgan fingerprint density at radius 1 is 1.33 bits per heavy atom. The van der Waals surface area contributed by atoms with Gasteiger partial charge in [-0.25, -0.2) is 0 Å². The van der Waals surface area contributed by atoms with E-state index in [-0.39, 0.29) is 11.8 Å². The second-order valence-electron chi connectivity index (χ2n) is 5.85. The van der Waals surface area contributed by atoms with Gasteiger partial charge in [-0.1, -0.05) is 0 Å². The lowest BCUT2D eigenvalue weighted by molar-refractivity contribution is 0.0783. The van der Waals surface area contributed by atoms with E-state index in [4.69, 9.17) is 4.74 Å². The van der Waals surface area contributed by atoms with Crippen LogP contribution in [0.25, 0.3) is 0 Å². The Hall–Kier alpha value is -1.46. The Morgan fingerprint density at radius 3 is 2.90 bits per heavy atom. The normalized spacial score (nSPS) is 24.1. The predicted molar refractivity (Wildman–Crippen MR) is 80.7 cm³/mol. The molecule has 0 aromatic carbocycles. The topological polar surface area (TPSA) is 54.5 Å². The van der Waals surface area contributed by atoms with Gasteiger partial charge in [-0.15, -0.1) is 0 Å². The third-order valence-electron chi connectivity index (χ3n) is 4.61. The summed E-state index contributed by atoms with van der Waals surface area (Å²) in [6.07, 6.45) is 7.64. The Labute approximate surface area is 125 Å². The highest BCUT2D eigenvalue weighted by Gasteiger charge is 2.36. The number of ketones is 1. The minimum atomic E-state index is 0.0157. The van der Waals surface area contributed by atoms with E-state index in [9.17, 15) is 4.79 Å². The Morgan fingerprint density at radius 2 is 2.14 bits per heavy atom. The van der Waals surface area contributed by atoms with Crippen LogP contribution in [0.5, 0.6) is 5.75 Å². The van der Waals surface area contributed by atoms with Crippen molar-refractivity contribution < 1.29 is 9.53 Å². The molecule has 1 aromatic heterocycles. The van der Waals surface area contributed by atoms with Crippen molar-refractivity contribution >= 4 is 5.78 Å². The number of aromatic nitrogens is 1. The smallest absolute Gasteiger partial charge is 0.181 e. The van der Waals surface area contributed by atoms with Gasteiger partial charge in [0, 0.05) is 17.8 Å². The number of rotatable bonds is 4. The SMILES string of the molecule is COc1cncc(C(=O)C2CCCN2C2CCNCC2)c1. The minimum Gasteiger partial charge on any atom is -0.495 e. The molecule has 3 rings (SSSR count). The molecule has 0 saturated carbocycles. The number of hydrogen-bond acceptors (Lipinski definition) is 5. The van der Waals surface area contributed by atoms with Crippen molar-refractivity contribution in [2.45, 2.75) is 37.8 Å². The molecule has 0 amide bonds. The van der Waals surface area contributed by atoms with Crippen LogP contribution in [-0.4, -0.2) is 54.5 Å². The van der Waals surface area contributed by atoms with E-state index in [1.54, 1.807) is 25.6 Å². The molecule has 2 saturated heterocycles. The Kier molecular flexibility index (Phi) is 4.51. The highest BCUT2D eigenvalue weighted by atomic mass is 16.5. The number of nitrogens with one attached hydrogen (secondary N) is 1. The molecule has 0 radical (unpaired) electrons. The van der Waals surface area contributed by atoms with E-state index in [0.717, 1.165) is 45.3 Å². The van der Waals surface area contributed by atoms with E-state index in [1.807, 2.05) is 0 Å². The molecule has 5 heteroatoms. The molecule has 5 nitrogen and oxygen atoms in total. The quantitative estimate of drug-likeness (QED) is 0.851. The third-order valence-corrected chi connectivity index (χ3v) is 4.61. The molecule has 21 heavy (non-hydrogen) atoms. The number of pyridine rings is 1. The van der Waals surface area contributed by atoms with Gasteiger partial charge in [-0.2, -0.15) is 0 Å². The van der Waals surface area contributed by atoms with Crippen molar-refractivity contribution in [1.29, 1.82) is 0 Å². The first kappa shape index (κ1) is 14.5. The molecule has 2 aliphatic heterocycles. The van der Waals surface area contributed by atoms with E-state index in [0.29, 0.717) is 17.4 Å². The van der Waals surface area contributed by atoms with Crippen LogP contribution in [0.4, 0.5) is 0 Å². The van der Waals surface area contributed by atoms with Crippen LogP contribution in [0.3, 0.4) is 0 Å². The zero-order chi connectivity index (χ0) is 14.7. The molecule has 2 fully saturated rings. The zero-order valence-electron chi connectivity index (χ0n) is 12.5. The first-order valence-corrected chi connectivity index (χ1v) is 7.79. The summed E-state index contributed by atoms with van der Waals surface area (Å²) in [6, 6.07) is 2.36. The molecule has 1 unspecified atom stereocenters. The molecule has 0 spiro atoms. The lowest BCUT2D eigenvalue weighted by Crippen LogP contribution is -2.47. The van der Waals surface area contributed by atoms with Crippen molar-refractivity contribution in [3.05, 3.63) is 24.0 Å². The maximum absolute atomic E-state index is 12.8. The summed E-state index contributed by atoms with van der Waals surface area (Å²) in [4.78, 5) is 19.3. The fourth-order valence-electron chi connectivity index (χ4n) is 3.50. The van der Waals surface area contributed by atoms with Crippen molar-refractivity contribution in [2.75, 3.05) is 26.7 Å². The van der Waals surface area contributed by atoms with E-state index in [2.05, 4.69) is 15.2 Å². The van der Waals surface area contributed by atoms with Crippen LogP contribution in [-0.2, 0) is 0 Å². The maximum Gasteiger partial charge on any atom is 0.181 e. The number of Topliss-reactive ketones (excluding diaryl/α,β-unsaturated/α-hetero) is 1. The number of methoxy groups -OCH3 is 1. The molecule has 1 aromatic rings. The van der Waals surface area contributed by atoms with Gasteiger partial charge in [-0.3, -0.25) is 14.7 Å². The summed E-state index contributed by atoms with van der Waals surface area (Å²) in [5, 5.41) is 3.39. The Bertz CT molecular complexity index is 500. The first-order valence-electron chi connectivity index (χ1n) is 7.79. The summed E-state index contributed by atoms with van der Waals surface area (Å²) in [5.41, 5.74) is 0.667. The molecular weight excluding hydrogens is 266 g/mol. The van der Waals surface area contributed by atoms with E-state index in [1.165, 1.54) is 0 Å². The van der Waals surface area contributed by atoms with E-state index >= 15 is 0 Å². The van der Waals surface area contributed by atoms with Crippen molar-refractivity contribution in [1.82, 2.24) is 15.2 Å². The summed E-state index contributed by atoms with van der Waals surface area (Å²) >= 11 is 0. The van der Waals surface area contributed by atoms with Crippen LogP contribution in [0, 0.1) is 0 Å². The number of piperidine rings is 1. The number of likely N-dealkylation sites (tertiary alicyclic amines) is 1. The van der Waals surface area contributed by atoms with Crippen molar-refractivity contribution in [3.63, 3.8) is 0 Å². The fourth-order valence-corrected chi connectivity index (χ4v) is 3.50. The van der Waals surface area contributed by atoms with Crippen LogP contribution in [0.15, 0.2) is 18.5 Å². The highest BCUT2D eigenvalue weighted by molar-refractivity contribution is 6.00. The molecule has 0 bridgehead atoms. The second kappa shape index (κ2) is 6.54. The van der Waals surface area contributed by atoms with Crippen LogP contribution >= 0.6 is 0 Å².